The summed E-state index contributed by atoms with van der Waals surface area (Å²) in [6.45, 7) is 3.69. The molecule has 2 aromatic carbocycles. The lowest BCUT2D eigenvalue weighted by molar-refractivity contribution is -0.115. The summed E-state index contributed by atoms with van der Waals surface area (Å²) in [6, 6.07) is 12.0. The lowest BCUT2D eigenvalue weighted by Gasteiger charge is -2.15. The number of aryl methyl sites for hydroxylation is 1. The summed E-state index contributed by atoms with van der Waals surface area (Å²) in [5, 5.41) is 14.4. The van der Waals surface area contributed by atoms with Gasteiger partial charge in [0, 0.05) is 19.8 Å². The molecule has 0 aliphatic rings. The quantitative estimate of drug-likeness (QED) is 0.517. The van der Waals surface area contributed by atoms with Crippen molar-refractivity contribution in [3.63, 3.8) is 0 Å². The van der Waals surface area contributed by atoms with E-state index in [1.165, 1.54) is 38.0 Å². The van der Waals surface area contributed by atoms with E-state index in [0.717, 1.165) is 15.6 Å². The van der Waals surface area contributed by atoms with Gasteiger partial charge < -0.3 is 5.32 Å². The molecule has 164 valence electrons. The number of benzene rings is 2. The van der Waals surface area contributed by atoms with Gasteiger partial charge in [0.2, 0.25) is 21.1 Å². The van der Waals surface area contributed by atoms with Gasteiger partial charge in [0.1, 0.15) is 4.90 Å². The van der Waals surface area contributed by atoms with Crippen molar-refractivity contribution >= 4 is 45.0 Å². The van der Waals surface area contributed by atoms with Crippen LogP contribution < -0.4 is 5.32 Å². The lowest BCUT2D eigenvalue weighted by Crippen LogP contribution is -2.24. The molecule has 0 saturated heterocycles. The fourth-order valence-corrected chi connectivity index (χ4v) is 4.73. The van der Waals surface area contributed by atoms with Crippen LogP contribution in [0.15, 0.2) is 52.5 Å². The molecular formula is C19H21ClN6O3S2. The van der Waals surface area contributed by atoms with E-state index in [-0.39, 0.29) is 15.8 Å². The van der Waals surface area contributed by atoms with E-state index in [4.69, 9.17) is 11.6 Å². The number of tetrazole rings is 1. The number of nitrogens with one attached hydrogen (secondary N) is 1. The lowest BCUT2D eigenvalue weighted by atomic mass is 10.2. The Kier molecular flexibility index (Phi) is 6.99. The number of halogens is 1. The molecule has 1 atom stereocenters. The maximum absolute atomic E-state index is 12.7. The summed E-state index contributed by atoms with van der Waals surface area (Å²) in [5.74, 6) is -0.334. The number of anilines is 1. The van der Waals surface area contributed by atoms with Crippen LogP contribution in [-0.2, 0) is 14.8 Å². The van der Waals surface area contributed by atoms with E-state index in [9.17, 15) is 13.2 Å². The van der Waals surface area contributed by atoms with Crippen LogP contribution in [0.25, 0.3) is 5.69 Å². The van der Waals surface area contributed by atoms with Gasteiger partial charge in [0.25, 0.3) is 0 Å². The van der Waals surface area contributed by atoms with E-state index in [1.54, 1.807) is 17.7 Å². The van der Waals surface area contributed by atoms with E-state index in [2.05, 4.69) is 20.8 Å². The van der Waals surface area contributed by atoms with Crippen LogP contribution in [0, 0.1) is 6.92 Å². The molecule has 0 aliphatic heterocycles. The van der Waals surface area contributed by atoms with Crippen molar-refractivity contribution in [1.29, 1.82) is 0 Å². The van der Waals surface area contributed by atoms with E-state index in [0.29, 0.717) is 10.8 Å². The highest BCUT2D eigenvalue weighted by atomic mass is 35.5. The molecule has 1 amide bonds. The zero-order chi connectivity index (χ0) is 22.8. The summed E-state index contributed by atoms with van der Waals surface area (Å²) in [7, 11) is -0.930. The first-order valence-electron chi connectivity index (χ1n) is 9.14. The monoisotopic (exact) mass is 480 g/mol. The minimum absolute atomic E-state index is 0.0754. The number of aromatic nitrogens is 4. The highest BCUT2D eigenvalue weighted by Crippen LogP contribution is 2.28. The molecule has 0 aliphatic carbocycles. The average Bonchev–Trinajstić information content (AvgIpc) is 3.17. The number of carbonyl (C=O) groups excluding carboxylic acids is 1. The second kappa shape index (κ2) is 9.35. The molecule has 3 aromatic rings. The number of nitrogens with zero attached hydrogens (tertiary/aromatic N) is 5. The van der Waals surface area contributed by atoms with Crippen molar-refractivity contribution in [2.24, 2.45) is 0 Å². The molecule has 12 heteroatoms. The van der Waals surface area contributed by atoms with Gasteiger partial charge in [-0.25, -0.2) is 12.7 Å². The normalized spacial score (nSPS) is 12.7. The Morgan fingerprint density at radius 1 is 1.19 bits per heavy atom. The second-order valence-electron chi connectivity index (χ2n) is 6.89. The fraction of sp³-hybridized carbons (Fsp3) is 0.263. The first kappa shape index (κ1) is 23.2. The zero-order valence-electron chi connectivity index (χ0n) is 17.3. The van der Waals surface area contributed by atoms with E-state index >= 15 is 0 Å². The molecule has 0 radical (unpaired) electrons. The molecule has 9 nitrogen and oxygen atoms in total. The van der Waals surface area contributed by atoms with Crippen LogP contribution in [0.1, 0.15) is 12.5 Å². The molecular weight excluding hydrogens is 460 g/mol. The minimum Gasteiger partial charge on any atom is -0.325 e. The molecule has 0 fully saturated rings. The fourth-order valence-electron chi connectivity index (χ4n) is 2.53. The SMILES string of the molecule is Cc1ccc(-n2nnnc2SC(C)C(=O)Nc2ccc(Cl)c(S(=O)(=O)N(C)C)c2)cc1. The van der Waals surface area contributed by atoms with Crippen molar-refractivity contribution < 1.29 is 13.2 Å². The van der Waals surface area contributed by atoms with Crippen molar-refractivity contribution in [3.8, 4) is 5.69 Å². The number of thioether (sulfide) groups is 1. The van der Waals surface area contributed by atoms with Gasteiger partial charge in [-0.3, -0.25) is 4.79 Å². The average molecular weight is 481 g/mol. The van der Waals surface area contributed by atoms with Gasteiger partial charge in [0.15, 0.2) is 0 Å². The van der Waals surface area contributed by atoms with Crippen molar-refractivity contribution in [1.82, 2.24) is 24.5 Å². The second-order valence-corrected chi connectivity index (χ2v) is 10.7. The molecule has 0 saturated carbocycles. The van der Waals surface area contributed by atoms with Crippen LogP contribution in [-0.4, -0.2) is 58.2 Å². The summed E-state index contributed by atoms with van der Waals surface area (Å²) >= 11 is 7.24. The largest absolute Gasteiger partial charge is 0.325 e. The first-order chi connectivity index (χ1) is 14.6. The topological polar surface area (TPSA) is 110 Å². The Hall–Kier alpha value is -2.47. The predicted octanol–water partition coefficient (Wildman–Crippen LogP) is 2.99. The number of amides is 1. The van der Waals surface area contributed by atoms with Crippen molar-refractivity contribution in [2.75, 3.05) is 19.4 Å². The number of hydrogen-bond donors (Lipinski definition) is 1. The Labute approximate surface area is 189 Å². The van der Waals surface area contributed by atoms with Crippen LogP contribution in [0.4, 0.5) is 5.69 Å². The first-order valence-corrected chi connectivity index (χ1v) is 11.8. The van der Waals surface area contributed by atoms with Crippen molar-refractivity contribution in [2.45, 2.75) is 29.1 Å². The van der Waals surface area contributed by atoms with Gasteiger partial charge in [-0.2, -0.15) is 4.68 Å². The molecule has 1 N–H and O–H groups in total. The number of carbonyl (C=O) groups is 1. The zero-order valence-corrected chi connectivity index (χ0v) is 19.7. The number of rotatable bonds is 7. The van der Waals surface area contributed by atoms with E-state index in [1.807, 2.05) is 31.2 Å². The van der Waals surface area contributed by atoms with Crippen LogP contribution in [0.5, 0.6) is 0 Å². The summed E-state index contributed by atoms with van der Waals surface area (Å²) in [4.78, 5) is 12.6. The van der Waals surface area contributed by atoms with Gasteiger partial charge in [-0.05, 0) is 54.6 Å². The summed E-state index contributed by atoms with van der Waals surface area (Å²) < 4.78 is 27.5. The molecule has 3 rings (SSSR count). The van der Waals surface area contributed by atoms with Crippen LogP contribution in [0.3, 0.4) is 0 Å². The Balaban J connectivity index is 1.76. The molecule has 31 heavy (non-hydrogen) atoms. The molecule has 1 aromatic heterocycles. The Bertz CT molecular complexity index is 1200. The van der Waals surface area contributed by atoms with Gasteiger partial charge in [0.05, 0.1) is 16.0 Å². The third-order valence-electron chi connectivity index (χ3n) is 4.33. The molecule has 1 unspecified atom stereocenters. The number of hydrogen-bond acceptors (Lipinski definition) is 7. The highest BCUT2D eigenvalue weighted by Gasteiger charge is 2.23. The standard InChI is InChI=1S/C19H21ClN6O3S2/c1-12-5-8-15(9-6-12)26-19(22-23-24-26)30-13(2)18(27)21-14-7-10-16(20)17(11-14)31(28,29)25(3)4/h5-11,13H,1-4H3,(H,21,27). The molecule has 0 bridgehead atoms. The predicted molar refractivity (Wildman–Crippen MR) is 120 cm³/mol. The Morgan fingerprint density at radius 3 is 2.52 bits per heavy atom. The van der Waals surface area contributed by atoms with Crippen molar-refractivity contribution in [3.05, 3.63) is 53.1 Å². The maximum Gasteiger partial charge on any atom is 0.244 e. The maximum atomic E-state index is 12.7. The molecule has 0 spiro atoms. The third kappa shape index (κ3) is 5.24. The minimum atomic E-state index is -3.75. The summed E-state index contributed by atoms with van der Waals surface area (Å²) in [5.41, 5.74) is 2.21. The number of sulfonamides is 1. The smallest absolute Gasteiger partial charge is 0.244 e. The van der Waals surface area contributed by atoms with E-state index < -0.39 is 15.3 Å². The van der Waals surface area contributed by atoms with Gasteiger partial charge in [-0.1, -0.05) is 41.1 Å². The third-order valence-corrected chi connectivity index (χ3v) is 7.66. The highest BCUT2D eigenvalue weighted by molar-refractivity contribution is 8.00. The van der Waals surface area contributed by atoms with Crippen LogP contribution >= 0.6 is 23.4 Å². The van der Waals surface area contributed by atoms with Gasteiger partial charge >= 0.3 is 0 Å². The Morgan fingerprint density at radius 2 is 1.87 bits per heavy atom. The van der Waals surface area contributed by atoms with Crippen LogP contribution in [0.2, 0.25) is 5.02 Å². The van der Waals surface area contributed by atoms with Gasteiger partial charge in [-0.15, -0.1) is 5.10 Å². The summed E-state index contributed by atoms with van der Waals surface area (Å²) in [6.07, 6.45) is 0. The molecule has 1 heterocycles.